The van der Waals surface area contributed by atoms with Crippen molar-refractivity contribution in [1.29, 1.82) is 5.26 Å². The van der Waals surface area contributed by atoms with Crippen LogP contribution in [-0.4, -0.2) is 40.2 Å². The zero-order valence-electron chi connectivity index (χ0n) is 14.1. The van der Waals surface area contributed by atoms with Gasteiger partial charge in [0.15, 0.2) is 5.16 Å². The minimum atomic E-state index is 0.571. The first-order valence-corrected chi connectivity index (χ1v) is 9.79. The molecule has 0 atom stereocenters. The van der Waals surface area contributed by atoms with Gasteiger partial charge in [-0.15, -0.1) is 10.2 Å². The minimum absolute atomic E-state index is 0.571. The lowest BCUT2D eigenvalue weighted by atomic mass is 10.2. The zero-order valence-corrected chi connectivity index (χ0v) is 14.9. The highest BCUT2D eigenvalue weighted by Crippen LogP contribution is 2.41. The maximum atomic E-state index is 8.93. The largest absolute Gasteiger partial charge is 0.493 e. The van der Waals surface area contributed by atoms with E-state index in [0.717, 1.165) is 35.7 Å². The standard InChI is InChI=1S/C18H21N5OS/c19-13-14-4-3-5-16(12-14)24-10-11-25-18-21-20-17(22-8-1-2-9-22)23(18)15-6-7-15/h3-5,12,15H,1-2,6-11H2. The number of nitrogens with zero attached hydrogens (tertiary/aromatic N) is 5. The quantitative estimate of drug-likeness (QED) is 0.561. The van der Waals surface area contributed by atoms with Crippen molar-refractivity contribution in [2.45, 2.75) is 36.9 Å². The molecule has 0 radical (unpaired) electrons. The van der Waals surface area contributed by atoms with Gasteiger partial charge in [0.25, 0.3) is 0 Å². The second kappa shape index (κ2) is 7.36. The Bertz CT molecular complexity index is 774. The molecule has 0 unspecified atom stereocenters. The van der Waals surface area contributed by atoms with Gasteiger partial charge < -0.3 is 9.64 Å². The van der Waals surface area contributed by atoms with Crippen molar-refractivity contribution in [2.75, 3.05) is 30.3 Å². The molecule has 0 spiro atoms. The van der Waals surface area contributed by atoms with E-state index in [2.05, 4.69) is 25.7 Å². The monoisotopic (exact) mass is 355 g/mol. The average Bonchev–Trinajstić information content (AvgIpc) is 3.17. The van der Waals surface area contributed by atoms with E-state index in [9.17, 15) is 0 Å². The van der Waals surface area contributed by atoms with Crippen LogP contribution < -0.4 is 9.64 Å². The molecular weight excluding hydrogens is 334 g/mol. The van der Waals surface area contributed by atoms with Crippen LogP contribution in [0.3, 0.4) is 0 Å². The van der Waals surface area contributed by atoms with Crippen molar-refractivity contribution < 1.29 is 4.74 Å². The van der Waals surface area contributed by atoms with Crippen LogP contribution in [0.4, 0.5) is 5.95 Å². The predicted octanol–water partition coefficient (Wildman–Crippen LogP) is 3.26. The Kier molecular flexibility index (Phi) is 4.79. The third-order valence-corrected chi connectivity index (χ3v) is 5.40. The lowest BCUT2D eigenvalue weighted by Crippen LogP contribution is -2.22. The van der Waals surface area contributed by atoms with Gasteiger partial charge in [0.05, 0.1) is 18.2 Å². The summed E-state index contributed by atoms with van der Waals surface area (Å²) < 4.78 is 8.08. The van der Waals surface area contributed by atoms with Crippen LogP contribution in [0.2, 0.25) is 0 Å². The Balaban J connectivity index is 1.35. The fourth-order valence-electron chi connectivity index (χ4n) is 3.10. The van der Waals surface area contributed by atoms with Gasteiger partial charge in [0.1, 0.15) is 5.75 Å². The smallest absolute Gasteiger partial charge is 0.228 e. The number of thioether (sulfide) groups is 1. The lowest BCUT2D eigenvalue weighted by molar-refractivity contribution is 0.343. The van der Waals surface area contributed by atoms with Crippen molar-refractivity contribution >= 4 is 17.7 Å². The third-order valence-electron chi connectivity index (χ3n) is 4.49. The number of ether oxygens (including phenoxy) is 1. The summed E-state index contributed by atoms with van der Waals surface area (Å²) in [6, 6.07) is 9.96. The fourth-order valence-corrected chi connectivity index (χ4v) is 3.92. The number of anilines is 1. The van der Waals surface area contributed by atoms with Gasteiger partial charge in [-0.1, -0.05) is 17.8 Å². The van der Waals surface area contributed by atoms with Crippen LogP contribution >= 0.6 is 11.8 Å². The summed E-state index contributed by atoms with van der Waals surface area (Å²) in [5.74, 6) is 2.59. The number of benzene rings is 1. The second-order valence-corrected chi connectivity index (χ2v) is 7.48. The summed E-state index contributed by atoms with van der Waals surface area (Å²) >= 11 is 1.70. The van der Waals surface area contributed by atoms with E-state index in [1.165, 1.54) is 25.7 Å². The molecule has 7 heteroatoms. The number of aromatic nitrogens is 3. The van der Waals surface area contributed by atoms with Gasteiger partial charge >= 0.3 is 0 Å². The third kappa shape index (κ3) is 3.74. The van der Waals surface area contributed by atoms with E-state index in [4.69, 9.17) is 10.00 Å². The van der Waals surface area contributed by atoms with Crippen molar-refractivity contribution in [2.24, 2.45) is 0 Å². The Morgan fingerprint density at radius 2 is 2.08 bits per heavy atom. The molecule has 2 aliphatic rings. The van der Waals surface area contributed by atoms with E-state index in [1.54, 1.807) is 23.9 Å². The summed E-state index contributed by atoms with van der Waals surface area (Å²) in [4.78, 5) is 2.36. The first-order chi connectivity index (χ1) is 12.3. The van der Waals surface area contributed by atoms with Crippen LogP contribution in [0.1, 0.15) is 37.3 Å². The summed E-state index contributed by atoms with van der Waals surface area (Å²) in [5, 5.41) is 18.8. The molecule has 1 aliphatic carbocycles. The number of nitriles is 1. The average molecular weight is 355 g/mol. The highest BCUT2D eigenvalue weighted by atomic mass is 32.2. The maximum Gasteiger partial charge on any atom is 0.228 e. The number of hydrogen-bond acceptors (Lipinski definition) is 6. The number of rotatable bonds is 7. The van der Waals surface area contributed by atoms with E-state index in [-0.39, 0.29) is 0 Å². The Labute approximate surface area is 151 Å². The first kappa shape index (κ1) is 16.3. The normalized spacial score (nSPS) is 16.8. The molecule has 1 aromatic carbocycles. The SMILES string of the molecule is N#Cc1cccc(OCCSc2nnc(N3CCCC3)n2C2CC2)c1. The van der Waals surface area contributed by atoms with Crippen molar-refractivity contribution in [1.82, 2.24) is 14.8 Å². The van der Waals surface area contributed by atoms with Crippen LogP contribution in [-0.2, 0) is 0 Å². The molecule has 2 fully saturated rings. The van der Waals surface area contributed by atoms with Gasteiger partial charge in [0, 0.05) is 24.9 Å². The van der Waals surface area contributed by atoms with Crippen molar-refractivity contribution in [3.05, 3.63) is 29.8 Å². The summed E-state index contributed by atoms with van der Waals surface area (Å²) in [6.45, 7) is 2.76. The molecule has 2 heterocycles. The molecule has 130 valence electrons. The van der Waals surface area contributed by atoms with Crippen molar-refractivity contribution in [3.63, 3.8) is 0 Å². The summed E-state index contributed by atoms with van der Waals surface area (Å²) in [5.41, 5.74) is 0.619. The molecule has 1 aromatic heterocycles. The van der Waals surface area contributed by atoms with Crippen molar-refractivity contribution in [3.8, 4) is 11.8 Å². The predicted molar refractivity (Wildman–Crippen MR) is 97.1 cm³/mol. The highest BCUT2D eigenvalue weighted by molar-refractivity contribution is 7.99. The molecule has 0 N–H and O–H groups in total. The van der Waals surface area contributed by atoms with Gasteiger partial charge in [0.2, 0.25) is 5.95 Å². The first-order valence-electron chi connectivity index (χ1n) is 8.81. The Hall–Kier alpha value is -2.20. The molecule has 6 nitrogen and oxygen atoms in total. The van der Waals surface area contributed by atoms with Gasteiger partial charge in [-0.25, -0.2) is 0 Å². The van der Waals surface area contributed by atoms with Gasteiger partial charge in [-0.3, -0.25) is 4.57 Å². The van der Waals surface area contributed by atoms with Crippen LogP contribution in [0.5, 0.6) is 5.75 Å². The highest BCUT2D eigenvalue weighted by Gasteiger charge is 2.32. The van der Waals surface area contributed by atoms with E-state index in [1.807, 2.05) is 12.1 Å². The van der Waals surface area contributed by atoms with E-state index in [0.29, 0.717) is 18.2 Å². The Morgan fingerprint density at radius 1 is 1.24 bits per heavy atom. The molecule has 2 aromatic rings. The topological polar surface area (TPSA) is 67.0 Å². The summed E-state index contributed by atoms with van der Waals surface area (Å²) in [6.07, 6.45) is 4.94. The molecular formula is C18H21N5OS. The Morgan fingerprint density at radius 3 is 2.84 bits per heavy atom. The maximum absolute atomic E-state index is 8.93. The zero-order chi connectivity index (χ0) is 17.1. The molecule has 25 heavy (non-hydrogen) atoms. The van der Waals surface area contributed by atoms with Crippen LogP contribution in [0.15, 0.2) is 29.4 Å². The number of hydrogen-bond donors (Lipinski definition) is 0. The minimum Gasteiger partial charge on any atom is -0.493 e. The van der Waals surface area contributed by atoms with Crippen LogP contribution in [0, 0.1) is 11.3 Å². The molecule has 4 rings (SSSR count). The molecule has 1 saturated carbocycles. The van der Waals surface area contributed by atoms with E-state index >= 15 is 0 Å². The van der Waals surface area contributed by atoms with Gasteiger partial charge in [-0.2, -0.15) is 5.26 Å². The molecule has 1 saturated heterocycles. The summed E-state index contributed by atoms with van der Waals surface area (Å²) in [7, 11) is 0. The molecule has 0 amide bonds. The lowest BCUT2D eigenvalue weighted by Gasteiger charge is -2.17. The fraction of sp³-hybridized carbons (Fsp3) is 0.500. The van der Waals surface area contributed by atoms with Crippen LogP contribution in [0.25, 0.3) is 0 Å². The van der Waals surface area contributed by atoms with E-state index < -0.39 is 0 Å². The van der Waals surface area contributed by atoms with Gasteiger partial charge in [-0.05, 0) is 43.9 Å². The second-order valence-electron chi connectivity index (χ2n) is 6.41. The molecule has 0 bridgehead atoms. The molecule has 1 aliphatic heterocycles.